The van der Waals surface area contributed by atoms with Gasteiger partial charge in [0.15, 0.2) is 0 Å². The Morgan fingerprint density at radius 1 is 0.938 bits per heavy atom. The van der Waals surface area contributed by atoms with Crippen LogP contribution in [0.3, 0.4) is 0 Å². The Balaban J connectivity index is 2.14. The average Bonchev–Trinajstić information content (AvgIpc) is 2.77. The van der Waals surface area contributed by atoms with Gasteiger partial charge in [0, 0.05) is 11.2 Å². The molecule has 0 aliphatic heterocycles. The van der Waals surface area contributed by atoms with Gasteiger partial charge in [0.2, 0.25) is 0 Å². The number of imidazole rings is 1. The first-order valence-corrected chi connectivity index (χ1v) is 5.38. The molecule has 16 heavy (non-hydrogen) atoms. The van der Waals surface area contributed by atoms with Gasteiger partial charge in [-0.15, -0.1) is 0 Å². The standard InChI is InChI=1S/C13H9ClN2/c14-12-4-1-10(2-5-12)11-3-6-13-7-15-9-16(13)8-11/h1-9H. The van der Waals surface area contributed by atoms with Gasteiger partial charge >= 0.3 is 0 Å². The van der Waals surface area contributed by atoms with E-state index in [2.05, 4.69) is 23.3 Å². The van der Waals surface area contributed by atoms with E-state index < -0.39 is 0 Å². The second-order valence-corrected chi connectivity index (χ2v) is 4.09. The number of benzene rings is 1. The number of nitrogens with zero attached hydrogens (tertiary/aromatic N) is 2. The van der Waals surface area contributed by atoms with Gasteiger partial charge in [-0.1, -0.05) is 29.8 Å². The molecule has 0 saturated heterocycles. The van der Waals surface area contributed by atoms with Crippen molar-refractivity contribution >= 4 is 17.1 Å². The maximum atomic E-state index is 5.86. The van der Waals surface area contributed by atoms with Gasteiger partial charge in [-0.25, -0.2) is 4.98 Å². The Hall–Kier alpha value is -1.80. The Morgan fingerprint density at radius 2 is 1.69 bits per heavy atom. The molecule has 78 valence electrons. The van der Waals surface area contributed by atoms with Crippen molar-refractivity contribution in [3.8, 4) is 11.1 Å². The van der Waals surface area contributed by atoms with Crippen LogP contribution in [0.25, 0.3) is 16.6 Å². The van der Waals surface area contributed by atoms with Gasteiger partial charge in [0.1, 0.15) is 0 Å². The van der Waals surface area contributed by atoms with E-state index in [1.807, 2.05) is 34.9 Å². The lowest BCUT2D eigenvalue weighted by Crippen LogP contribution is -1.84. The van der Waals surface area contributed by atoms with Crippen molar-refractivity contribution in [1.29, 1.82) is 0 Å². The van der Waals surface area contributed by atoms with Gasteiger partial charge in [0.25, 0.3) is 0 Å². The van der Waals surface area contributed by atoms with E-state index in [1.165, 1.54) is 0 Å². The summed E-state index contributed by atoms with van der Waals surface area (Å²) >= 11 is 5.86. The minimum absolute atomic E-state index is 0.757. The number of aromatic nitrogens is 2. The number of fused-ring (bicyclic) bond motifs is 1. The average molecular weight is 229 g/mol. The molecule has 3 rings (SSSR count). The first-order valence-electron chi connectivity index (χ1n) is 5.00. The van der Waals surface area contributed by atoms with E-state index in [9.17, 15) is 0 Å². The van der Waals surface area contributed by atoms with E-state index in [-0.39, 0.29) is 0 Å². The van der Waals surface area contributed by atoms with Gasteiger partial charge in [-0.2, -0.15) is 0 Å². The van der Waals surface area contributed by atoms with Gasteiger partial charge < -0.3 is 4.40 Å². The Morgan fingerprint density at radius 3 is 2.50 bits per heavy atom. The monoisotopic (exact) mass is 228 g/mol. The van der Waals surface area contributed by atoms with Crippen molar-refractivity contribution in [3.63, 3.8) is 0 Å². The van der Waals surface area contributed by atoms with Crippen LogP contribution in [0.2, 0.25) is 5.02 Å². The number of hydrogen-bond donors (Lipinski definition) is 0. The Labute approximate surface area is 98.1 Å². The highest BCUT2D eigenvalue weighted by atomic mass is 35.5. The summed E-state index contributed by atoms with van der Waals surface area (Å²) in [6.07, 6.45) is 5.70. The molecule has 3 heteroatoms. The molecule has 0 amide bonds. The van der Waals surface area contributed by atoms with Gasteiger partial charge in [-0.3, -0.25) is 0 Å². The van der Waals surface area contributed by atoms with Crippen LogP contribution in [0, 0.1) is 0 Å². The van der Waals surface area contributed by atoms with Crippen LogP contribution >= 0.6 is 11.6 Å². The largest absolute Gasteiger partial charge is 0.306 e. The van der Waals surface area contributed by atoms with Crippen molar-refractivity contribution in [2.75, 3.05) is 0 Å². The van der Waals surface area contributed by atoms with E-state index in [0.717, 1.165) is 21.7 Å². The SMILES string of the molecule is Clc1ccc(-c2ccc3cncn3c2)cc1. The van der Waals surface area contributed by atoms with Crippen molar-refractivity contribution < 1.29 is 0 Å². The second kappa shape index (κ2) is 3.65. The summed E-state index contributed by atoms with van der Waals surface area (Å²) in [6.45, 7) is 0. The molecule has 0 bridgehead atoms. The quantitative estimate of drug-likeness (QED) is 0.621. The molecule has 1 aromatic carbocycles. The molecule has 2 nitrogen and oxygen atoms in total. The van der Waals surface area contributed by atoms with E-state index in [4.69, 9.17) is 11.6 Å². The maximum absolute atomic E-state index is 5.86. The predicted octanol–water partition coefficient (Wildman–Crippen LogP) is 3.65. The molecule has 0 aliphatic carbocycles. The summed E-state index contributed by atoms with van der Waals surface area (Å²) < 4.78 is 2.00. The lowest BCUT2D eigenvalue weighted by Gasteiger charge is -2.02. The summed E-state index contributed by atoms with van der Waals surface area (Å²) in [7, 11) is 0. The third-order valence-electron chi connectivity index (χ3n) is 2.59. The first-order chi connectivity index (χ1) is 7.83. The van der Waals surface area contributed by atoms with Crippen molar-refractivity contribution in [2.24, 2.45) is 0 Å². The van der Waals surface area contributed by atoms with Crippen molar-refractivity contribution in [3.05, 3.63) is 60.1 Å². The molecule has 0 spiro atoms. The molecular weight excluding hydrogens is 220 g/mol. The van der Waals surface area contributed by atoms with Crippen LogP contribution in [-0.2, 0) is 0 Å². The van der Waals surface area contributed by atoms with Crippen molar-refractivity contribution in [2.45, 2.75) is 0 Å². The van der Waals surface area contributed by atoms with E-state index in [1.54, 1.807) is 6.33 Å². The summed E-state index contributed by atoms with van der Waals surface area (Å²) in [5, 5.41) is 0.757. The summed E-state index contributed by atoms with van der Waals surface area (Å²) in [5.74, 6) is 0. The van der Waals surface area contributed by atoms with Crippen molar-refractivity contribution in [1.82, 2.24) is 9.38 Å². The number of hydrogen-bond acceptors (Lipinski definition) is 1. The lowest BCUT2D eigenvalue weighted by molar-refractivity contribution is 1.16. The van der Waals surface area contributed by atoms with E-state index in [0.29, 0.717) is 0 Å². The molecule has 0 saturated carbocycles. The fraction of sp³-hybridized carbons (Fsp3) is 0. The second-order valence-electron chi connectivity index (χ2n) is 3.65. The summed E-state index contributed by atoms with van der Waals surface area (Å²) in [5.41, 5.74) is 3.40. The molecule has 0 aliphatic rings. The molecule has 0 radical (unpaired) electrons. The highest BCUT2D eigenvalue weighted by Crippen LogP contribution is 2.21. The third-order valence-corrected chi connectivity index (χ3v) is 2.84. The number of pyridine rings is 1. The molecule has 0 unspecified atom stereocenters. The van der Waals surface area contributed by atoms with Crippen LogP contribution in [0.4, 0.5) is 0 Å². The van der Waals surface area contributed by atoms with Crippen LogP contribution in [0.5, 0.6) is 0 Å². The number of halogens is 1. The molecule has 2 aromatic heterocycles. The fourth-order valence-electron chi connectivity index (χ4n) is 1.73. The minimum Gasteiger partial charge on any atom is -0.306 e. The fourth-order valence-corrected chi connectivity index (χ4v) is 1.86. The minimum atomic E-state index is 0.757. The highest BCUT2D eigenvalue weighted by molar-refractivity contribution is 6.30. The Kier molecular flexibility index (Phi) is 2.15. The summed E-state index contributed by atoms with van der Waals surface area (Å²) in [6, 6.07) is 12.0. The predicted molar refractivity (Wildman–Crippen MR) is 65.6 cm³/mol. The zero-order chi connectivity index (χ0) is 11.0. The molecule has 0 atom stereocenters. The zero-order valence-corrected chi connectivity index (χ0v) is 9.22. The first kappa shape index (κ1) is 9.43. The van der Waals surface area contributed by atoms with E-state index >= 15 is 0 Å². The van der Waals surface area contributed by atoms with Gasteiger partial charge in [-0.05, 0) is 29.3 Å². The van der Waals surface area contributed by atoms with Crippen LogP contribution in [-0.4, -0.2) is 9.38 Å². The highest BCUT2D eigenvalue weighted by Gasteiger charge is 1.99. The maximum Gasteiger partial charge on any atom is 0.0992 e. The smallest absolute Gasteiger partial charge is 0.0992 e. The van der Waals surface area contributed by atoms with Gasteiger partial charge in [0.05, 0.1) is 18.0 Å². The lowest BCUT2D eigenvalue weighted by atomic mass is 10.1. The molecule has 0 fully saturated rings. The third kappa shape index (κ3) is 1.57. The molecular formula is C13H9ClN2. The summed E-state index contributed by atoms with van der Waals surface area (Å²) in [4.78, 5) is 4.09. The molecule has 0 N–H and O–H groups in total. The Bertz CT molecular complexity index is 626. The number of rotatable bonds is 1. The van der Waals surface area contributed by atoms with Crippen LogP contribution < -0.4 is 0 Å². The van der Waals surface area contributed by atoms with Crippen LogP contribution in [0.15, 0.2) is 55.1 Å². The zero-order valence-electron chi connectivity index (χ0n) is 8.47. The molecule has 3 aromatic rings. The topological polar surface area (TPSA) is 17.3 Å². The normalized spacial score (nSPS) is 10.8. The molecule has 2 heterocycles. The van der Waals surface area contributed by atoms with Crippen LogP contribution in [0.1, 0.15) is 0 Å².